The van der Waals surface area contributed by atoms with Crippen LogP contribution in [0.15, 0.2) is 4.42 Å². The van der Waals surface area contributed by atoms with Gasteiger partial charge < -0.3 is 14.1 Å². The van der Waals surface area contributed by atoms with Gasteiger partial charge in [0.15, 0.2) is 0 Å². The van der Waals surface area contributed by atoms with Crippen LogP contribution < -0.4 is 0 Å². The lowest BCUT2D eigenvalue weighted by atomic mass is 9.96. The molecule has 2 heterocycles. The second kappa shape index (κ2) is 3.86. The molecular formula is C10H15N3O3. The first-order valence-corrected chi connectivity index (χ1v) is 5.14. The summed E-state index contributed by atoms with van der Waals surface area (Å²) in [5, 5.41) is 7.46. The summed E-state index contributed by atoms with van der Waals surface area (Å²) in [4.78, 5) is 13.5. The minimum atomic E-state index is -0.194. The highest BCUT2D eigenvalue weighted by atomic mass is 16.5. The molecule has 1 fully saturated rings. The van der Waals surface area contributed by atoms with Gasteiger partial charge in [0.05, 0.1) is 18.7 Å². The van der Waals surface area contributed by atoms with Crippen molar-refractivity contribution in [2.75, 3.05) is 20.2 Å². The van der Waals surface area contributed by atoms with Crippen molar-refractivity contribution in [3.8, 4) is 0 Å². The van der Waals surface area contributed by atoms with Crippen LogP contribution in [0.3, 0.4) is 0 Å². The maximum absolute atomic E-state index is 11.8. The summed E-state index contributed by atoms with van der Waals surface area (Å²) >= 11 is 0. The fourth-order valence-electron chi connectivity index (χ4n) is 1.72. The number of amides is 1. The zero-order chi connectivity index (χ0) is 11.8. The van der Waals surface area contributed by atoms with Crippen molar-refractivity contribution < 1.29 is 13.9 Å². The Morgan fingerprint density at radius 3 is 2.75 bits per heavy atom. The third-order valence-corrected chi connectivity index (χ3v) is 2.77. The molecule has 2 rings (SSSR count). The predicted molar refractivity (Wildman–Crippen MR) is 54.7 cm³/mol. The SMILES string of the molecule is COC1(C)CN(C(=O)Cc2nnc(C)o2)C1. The molecule has 6 heteroatoms. The molecule has 0 bridgehead atoms. The van der Waals surface area contributed by atoms with Crippen molar-refractivity contribution in [2.24, 2.45) is 0 Å². The number of likely N-dealkylation sites (tertiary alicyclic amines) is 1. The summed E-state index contributed by atoms with van der Waals surface area (Å²) in [6.45, 7) is 4.92. The highest BCUT2D eigenvalue weighted by molar-refractivity contribution is 5.78. The van der Waals surface area contributed by atoms with Crippen LogP contribution in [0.4, 0.5) is 0 Å². The summed E-state index contributed by atoms with van der Waals surface area (Å²) in [5.41, 5.74) is -0.194. The molecule has 0 saturated carbocycles. The molecule has 1 saturated heterocycles. The summed E-state index contributed by atoms with van der Waals surface area (Å²) in [7, 11) is 1.66. The van der Waals surface area contributed by atoms with E-state index in [-0.39, 0.29) is 17.9 Å². The van der Waals surface area contributed by atoms with Crippen molar-refractivity contribution in [1.29, 1.82) is 0 Å². The summed E-state index contributed by atoms with van der Waals surface area (Å²) in [5.74, 6) is 0.847. The topological polar surface area (TPSA) is 68.5 Å². The third-order valence-electron chi connectivity index (χ3n) is 2.77. The van der Waals surface area contributed by atoms with Crippen LogP contribution in [-0.2, 0) is 16.0 Å². The molecule has 0 unspecified atom stereocenters. The van der Waals surface area contributed by atoms with Gasteiger partial charge in [-0.2, -0.15) is 0 Å². The summed E-state index contributed by atoms with van der Waals surface area (Å²) < 4.78 is 10.4. The van der Waals surface area contributed by atoms with E-state index >= 15 is 0 Å². The quantitative estimate of drug-likeness (QED) is 0.733. The van der Waals surface area contributed by atoms with E-state index in [1.165, 1.54) is 0 Å². The van der Waals surface area contributed by atoms with Crippen LogP contribution in [0.2, 0.25) is 0 Å². The number of methoxy groups -OCH3 is 1. The number of hydrogen-bond donors (Lipinski definition) is 0. The Morgan fingerprint density at radius 1 is 1.56 bits per heavy atom. The molecule has 1 aromatic heterocycles. The van der Waals surface area contributed by atoms with Gasteiger partial charge >= 0.3 is 0 Å². The van der Waals surface area contributed by atoms with E-state index in [2.05, 4.69) is 10.2 Å². The largest absolute Gasteiger partial charge is 0.425 e. The lowest BCUT2D eigenvalue weighted by Crippen LogP contribution is -2.63. The fourth-order valence-corrected chi connectivity index (χ4v) is 1.72. The van der Waals surface area contributed by atoms with Crippen molar-refractivity contribution >= 4 is 5.91 Å². The molecule has 0 aliphatic carbocycles. The monoisotopic (exact) mass is 225 g/mol. The smallest absolute Gasteiger partial charge is 0.232 e. The van der Waals surface area contributed by atoms with Gasteiger partial charge in [-0.05, 0) is 6.92 Å². The van der Waals surface area contributed by atoms with Crippen molar-refractivity contribution in [3.63, 3.8) is 0 Å². The predicted octanol–water partition coefficient (Wildman–Crippen LogP) is 0.168. The number of carbonyl (C=O) groups is 1. The highest BCUT2D eigenvalue weighted by Gasteiger charge is 2.41. The number of hydrogen-bond acceptors (Lipinski definition) is 5. The number of aryl methyl sites for hydroxylation is 1. The molecular weight excluding hydrogens is 210 g/mol. The van der Waals surface area contributed by atoms with E-state index in [0.717, 1.165) is 0 Å². The molecule has 1 aliphatic rings. The Morgan fingerprint density at radius 2 is 2.25 bits per heavy atom. The molecule has 6 nitrogen and oxygen atoms in total. The average Bonchev–Trinajstić information content (AvgIpc) is 2.59. The normalized spacial score (nSPS) is 18.3. The van der Waals surface area contributed by atoms with Crippen LogP contribution in [0.1, 0.15) is 18.7 Å². The molecule has 1 amide bonds. The van der Waals surface area contributed by atoms with Crippen molar-refractivity contribution in [2.45, 2.75) is 25.9 Å². The van der Waals surface area contributed by atoms with Crippen LogP contribution in [-0.4, -0.2) is 46.8 Å². The van der Waals surface area contributed by atoms with Gasteiger partial charge in [0, 0.05) is 14.0 Å². The second-order valence-corrected chi connectivity index (χ2v) is 4.30. The van der Waals surface area contributed by atoms with E-state index in [1.807, 2.05) is 6.92 Å². The molecule has 0 N–H and O–H groups in total. The Kier molecular flexibility index (Phi) is 2.67. The molecule has 16 heavy (non-hydrogen) atoms. The van der Waals surface area contributed by atoms with E-state index < -0.39 is 0 Å². The number of carbonyl (C=O) groups excluding carboxylic acids is 1. The van der Waals surface area contributed by atoms with Gasteiger partial charge in [-0.25, -0.2) is 0 Å². The van der Waals surface area contributed by atoms with Crippen molar-refractivity contribution in [3.05, 3.63) is 11.8 Å². The first-order chi connectivity index (χ1) is 7.52. The molecule has 0 radical (unpaired) electrons. The standard InChI is InChI=1S/C10H15N3O3/c1-7-11-12-8(16-7)4-9(14)13-5-10(2,6-13)15-3/h4-6H2,1-3H3. The fraction of sp³-hybridized carbons (Fsp3) is 0.700. The van der Waals surface area contributed by atoms with Gasteiger partial charge in [0.25, 0.3) is 0 Å². The number of ether oxygens (including phenoxy) is 1. The molecule has 1 aliphatic heterocycles. The second-order valence-electron chi connectivity index (χ2n) is 4.30. The lowest BCUT2D eigenvalue weighted by molar-refractivity contribution is -0.157. The van der Waals surface area contributed by atoms with E-state index in [0.29, 0.717) is 24.9 Å². The Hall–Kier alpha value is -1.43. The first kappa shape index (κ1) is 11.1. The van der Waals surface area contributed by atoms with Crippen LogP contribution in [0.5, 0.6) is 0 Å². The Balaban J connectivity index is 1.87. The lowest BCUT2D eigenvalue weighted by Gasteiger charge is -2.46. The molecule has 88 valence electrons. The van der Waals surface area contributed by atoms with Crippen molar-refractivity contribution in [1.82, 2.24) is 15.1 Å². The van der Waals surface area contributed by atoms with E-state index in [4.69, 9.17) is 9.15 Å². The molecule has 0 atom stereocenters. The maximum Gasteiger partial charge on any atom is 0.232 e. The average molecular weight is 225 g/mol. The van der Waals surface area contributed by atoms with E-state index in [1.54, 1.807) is 18.9 Å². The van der Waals surface area contributed by atoms with E-state index in [9.17, 15) is 4.79 Å². The zero-order valence-electron chi connectivity index (χ0n) is 9.69. The van der Waals surface area contributed by atoms with Crippen LogP contribution >= 0.6 is 0 Å². The first-order valence-electron chi connectivity index (χ1n) is 5.14. The minimum absolute atomic E-state index is 0.00169. The van der Waals surface area contributed by atoms with Crippen LogP contribution in [0, 0.1) is 6.92 Å². The maximum atomic E-state index is 11.8. The summed E-state index contributed by atoms with van der Waals surface area (Å²) in [6.07, 6.45) is 0.167. The zero-order valence-corrected chi connectivity index (χ0v) is 9.69. The number of aromatic nitrogens is 2. The van der Waals surface area contributed by atoms with Gasteiger partial charge in [-0.15, -0.1) is 10.2 Å². The van der Waals surface area contributed by atoms with Gasteiger partial charge in [0.1, 0.15) is 6.42 Å². The highest BCUT2D eigenvalue weighted by Crippen LogP contribution is 2.24. The number of rotatable bonds is 3. The number of nitrogens with zero attached hydrogens (tertiary/aromatic N) is 3. The van der Waals surface area contributed by atoms with Gasteiger partial charge in [0.2, 0.25) is 17.7 Å². The van der Waals surface area contributed by atoms with Gasteiger partial charge in [-0.3, -0.25) is 4.79 Å². The minimum Gasteiger partial charge on any atom is -0.425 e. The van der Waals surface area contributed by atoms with Gasteiger partial charge in [-0.1, -0.05) is 0 Å². The Labute approximate surface area is 93.6 Å². The Bertz CT molecular complexity index is 396. The molecule has 1 aromatic rings. The summed E-state index contributed by atoms with van der Waals surface area (Å²) in [6, 6.07) is 0. The van der Waals surface area contributed by atoms with Crippen LogP contribution in [0.25, 0.3) is 0 Å². The molecule has 0 spiro atoms. The molecule has 0 aromatic carbocycles. The third kappa shape index (κ3) is 2.06.